The van der Waals surface area contributed by atoms with E-state index in [1.165, 1.54) is 23.5 Å². The molecule has 0 saturated heterocycles. The summed E-state index contributed by atoms with van der Waals surface area (Å²) in [4.78, 5) is 22.6. The zero-order valence-electron chi connectivity index (χ0n) is 22.6. The van der Waals surface area contributed by atoms with E-state index in [4.69, 9.17) is 10.0 Å². The number of rotatable bonds is 4. The van der Waals surface area contributed by atoms with E-state index in [-0.39, 0.29) is 21.2 Å². The molecule has 0 unspecified atom stereocenters. The summed E-state index contributed by atoms with van der Waals surface area (Å²) in [5.74, 6) is 0. The normalized spacial score (nSPS) is 10.1. The second kappa shape index (κ2) is 17.6. The van der Waals surface area contributed by atoms with Crippen molar-refractivity contribution in [3.63, 3.8) is 0 Å². The smallest absolute Gasteiger partial charge is 0.423 e. The van der Waals surface area contributed by atoms with E-state index in [2.05, 4.69) is 54.5 Å². The van der Waals surface area contributed by atoms with Crippen LogP contribution in [0.5, 0.6) is 0 Å². The molecule has 0 atom stereocenters. The minimum atomic E-state index is -1.39. The topological polar surface area (TPSA) is 127 Å². The molecule has 4 aromatic carbocycles. The van der Waals surface area contributed by atoms with Gasteiger partial charge in [0.25, 0.3) is 11.4 Å². The Kier molecular flexibility index (Phi) is 14.6. The fourth-order valence-electron chi connectivity index (χ4n) is 3.93. The molecule has 15 heteroatoms. The first kappa shape index (κ1) is 36.5. The average Bonchev–Trinajstić information content (AvgIpc) is 3.66. The predicted octanol–water partition coefficient (Wildman–Crippen LogP) is 9.83. The molecule has 0 spiro atoms. The van der Waals surface area contributed by atoms with Crippen molar-refractivity contribution in [1.29, 1.82) is 0 Å². The Morgan fingerprint density at radius 1 is 0.682 bits per heavy atom. The first-order chi connectivity index (χ1) is 21.1. The second-order valence-electron chi connectivity index (χ2n) is 8.43. The lowest BCUT2D eigenvalue weighted by Crippen LogP contribution is -2.28. The van der Waals surface area contributed by atoms with E-state index in [1.807, 2.05) is 75.4 Å². The van der Waals surface area contributed by atoms with Crippen LogP contribution >= 0.6 is 99.7 Å². The number of nitro groups is 2. The lowest BCUT2D eigenvalue weighted by atomic mass is 9.80. The van der Waals surface area contributed by atoms with Crippen LogP contribution in [0.15, 0.2) is 105 Å². The molecule has 2 heterocycles. The van der Waals surface area contributed by atoms with Gasteiger partial charge in [0, 0.05) is 52.3 Å². The number of para-hydroxylation sites is 2. The molecule has 2 N–H and O–H groups in total. The first-order valence-electron chi connectivity index (χ1n) is 12.3. The number of halogens is 4. The third-order valence-electron chi connectivity index (χ3n) is 5.85. The molecule has 0 radical (unpaired) electrons. The summed E-state index contributed by atoms with van der Waals surface area (Å²) in [7, 11) is -1.39. The summed E-state index contributed by atoms with van der Waals surface area (Å²) in [5, 5.41) is 45.1. The summed E-state index contributed by atoms with van der Waals surface area (Å²) in [6.07, 6.45) is 0. The van der Waals surface area contributed by atoms with E-state index in [0.29, 0.717) is 14.6 Å². The molecule has 0 fully saturated rings. The van der Waals surface area contributed by atoms with Crippen molar-refractivity contribution in [3.05, 3.63) is 128 Å². The molecule has 226 valence electrons. The van der Waals surface area contributed by atoms with E-state index < -0.39 is 7.12 Å². The Bertz CT molecular complexity index is 1910. The van der Waals surface area contributed by atoms with E-state index in [0.717, 1.165) is 34.7 Å². The van der Waals surface area contributed by atoms with Crippen molar-refractivity contribution in [1.82, 2.24) is 0 Å². The van der Waals surface area contributed by atoms with Crippen LogP contribution in [0.4, 0.5) is 11.4 Å². The largest absolute Gasteiger partial charge is 0.489 e. The van der Waals surface area contributed by atoms with E-state index in [1.54, 1.807) is 47.0 Å². The van der Waals surface area contributed by atoms with Crippen molar-refractivity contribution in [2.24, 2.45) is 0 Å². The van der Waals surface area contributed by atoms with Gasteiger partial charge in [-0.3, -0.25) is 20.2 Å². The minimum Gasteiger partial charge on any atom is -0.423 e. The van der Waals surface area contributed by atoms with Crippen LogP contribution in [0, 0.1) is 23.8 Å². The lowest BCUT2D eigenvalue weighted by Gasteiger charge is -2.02. The Balaban J connectivity index is 0.000000185. The number of benzene rings is 4. The molecule has 0 bridgehead atoms. The van der Waals surface area contributed by atoms with Gasteiger partial charge in [0.05, 0.1) is 19.0 Å². The van der Waals surface area contributed by atoms with Gasteiger partial charge in [-0.25, -0.2) is 0 Å². The lowest BCUT2D eigenvalue weighted by molar-refractivity contribution is -0.385. The number of hydrogen-bond acceptors (Lipinski definition) is 8. The molecule has 8 nitrogen and oxygen atoms in total. The number of nitrogens with zero attached hydrogens (tertiary/aromatic N) is 2. The maximum Gasteiger partial charge on any atom is 0.489 e. The molecule has 0 aliphatic rings. The highest BCUT2D eigenvalue weighted by molar-refractivity contribution is 14.1. The van der Waals surface area contributed by atoms with Crippen molar-refractivity contribution in [2.75, 3.05) is 4.93 Å². The highest BCUT2D eigenvalue weighted by Crippen LogP contribution is 2.40. The zero-order chi connectivity index (χ0) is 32.4. The summed E-state index contributed by atoms with van der Waals surface area (Å²) in [6.45, 7) is 0. The van der Waals surface area contributed by atoms with Crippen LogP contribution in [-0.2, 0) is 0 Å². The van der Waals surface area contributed by atoms with Gasteiger partial charge in [-0.15, -0.1) is 22.7 Å². The molecule has 0 aliphatic heterocycles. The van der Waals surface area contributed by atoms with Crippen LogP contribution in [0.2, 0.25) is 0 Å². The SMILES string of the molecule is CI.O=[N+]([O-])c1ccccc1-c1csc2c(Br)cccc12.O=[N+]([O-])c1ccccc1I.OB(O)c1csc2c(Br)cccc12. The van der Waals surface area contributed by atoms with Crippen molar-refractivity contribution >= 4 is 144 Å². The highest BCUT2D eigenvalue weighted by Gasteiger charge is 2.18. The number of fused-ring (bicyclic) bond motifs is 2. The average molecular weight is 982 g/mol. The van der Waals surface area contributed by atoms with Gasteiger partial charge in [0.2, 0.25) is 0 Å². The van der Waals surface area contributed by atoms with Gasteiger partial charge in [0.15, 0.2) is 0 Å². The molecule has 0 amide bonds. The van der Waals surface area contributed by atoms with Crippen LogP contribution in [0.3, 0.4) is 0 Å². The zero-order valence-corrected chi connectivity index (χ0v) is 31.7. The molecule has 6 aromatic rings. The van der Waals surface area contributed by atoms with E-state index in [9.17, 15) is 20.2 Å². The molecule has 44 heavy (non-hydrogen) atoms. The van der Waals surface area contributed by atoms with Gasteiger partial charge in [0.1, 0.15) is 0 Å². The van der Waals surface area contributed by atoms with Gasteiger partial charge in [-0.05, 0) is 94.4 Å². The Morgan fingerprint density at radius 3 is 1.73 bits per heavy atom. The fraction of sp³-hybridized carbons (Fsp3) is 0.0345. The van der Waals surface area contributed by atoms with Crippen molar-refractivity contribution in [2.45, 2.75) is 0 Å². The molecular weight excluding hydrogens is 961 g/mol. The summed E-state index contributed by atoms with van der Waals surface area (Å²) >= 11 is 14.1. The van der Waals surface area contributed by atoms with Gasteiger partial charge in [-0.1, -0.05) is 71.1 Å². The summed E-state index contributed by atoms with van der Waals surface area (Å²) < 4.78 is 4.83. The Labute approximate surface area is 305 Å². The van der Waals surface area contributed by atoms with Crippen molar-refractivity contribution in [3.8, 4) is 11.1 Å². The van der Waals surface area contributed by atoms with Crippen LogP contribution in [-0.4, -0.2) is 31.9 Å². The summed E-state index contributed by atoms with van der Waals surface area (Å²) in [5.41, 5.74) is 2.46. The molecular formula is C29H21BBr2I2N2O6S2. The van der Waals surface area contributed by atoms with Crippen LogP contribution in [0.1, 0.15) is 0 Å². The number of thiophene rings is 2. The third-order valence-corrected chi connectivity index (χ3v) is 10.7. The fourth-order valence-corrected chi connectivity index (χ4v) is 7.77. The quantitative estimate of drug-likeness (QED) is 0.0596. The molecule has 0 aliphatic carbocycles. The third kappa shape index (κ3) is 9.05. The second-order valence-corrected chi connectivity index (χ2v) is 13.1. The summed E-state index contributed by atoms with van der Waals surface area (Å²) in [6, 6.07) is 25.1. The first-order valence-corrected chi connectivity index (χ1v) is 18.9. The monoisotopic (exact) mass is 980 g/mol. The number of alkyl halides is 1. The highest BCUT2D eigenvalue weighted by atomic mass is 127. The minimum absolute atomic E-state index is 0.141. The van der Waals surface area contributed by atoms with Gasteiger partial charge in [-0.2, -0.15) is 0 Å². The maximum atomic E-state index is 11.1. The maximum absolute atomic E-state index is 11.1. The van der Waals surface area contributed by atoms with Gasteiger partial charge < -0.3 is 10.0 Å². The van der Waals surface area contributed by atoms with E-state index >= 15 is 0 Å². The number of nitro benzene ring substituents is 2. The molecule has 2 aromatic heterocycles. The molecule has 0 saturated carbocycles. The molecule has 6 rings (SSSR count). The predicted molar refractivity (Wildman–Crippen MR) is 207 cm³/mol. The van der Waals surface area contributed by atoms with Gasteiger partial charge >= 0.3 is 7.12 Å². The number of hydrogen-bond donors (Lipinski definition) is 2. The Hall–Kier alpha value is -2.00. The van der Waals surface area contributed by atoms with Crippen molar-refractivity contribution < 1.29 is 19.9 Å². The standard InChI is InChI=1S/C14H8BrNO2S.C8H6BBrO2S.C6H4INO2.CH3I/c15-12-6-3-5-10-11(8-19-14(10)12)9-4-1-2-7-13(9)16(17)18;10-7-3-1-2-5-6(9(11)12)4-13-8(5)7;7-5-3-1-2-4-6(5)8(9)10;1-2/h1-8H;1-4,11-12H;1-4H;1H3. The Morgan fingerprint density at radius 2 is 1.18 bits per heavy atom. The van der Waals surface area contributed by atoms with Crippen LogP contribution < -0.4 is 5.46 Å². The van der Waals surface area contributed by atoms with Crippen LogP contribution in [0.25, 0.3) is 31.3 Å².